The van der Waals surface area contributed by atoms with E-state index in [4.69, 9.17) is 31.5 Å². The molecule has 1 fully saturated rings. The van der Waals surface area contributed by atoms with Crippen molar-refractivity contribution < 1.29 is 14.2 Å². The van der Waals surface area contributed by atoms with Gasteiger partial charge in [-0.25, -0.2) is 0 Å². The molecule has 190 valence electrons. The molecule has 1 aliphatic rings. The fourth-order valence-corrected chi connectivity index (χ4v) is 4.50. The first kappa shape index (κ1) is 27.9. The lowest BCUT2D eigenvalue weighted by Gasteiger charge is -2.37. The highest BCUT2D eigenvalue weighted by Gasteiger charge is 2.19. The molecule has 0 aromatic heterocycles. The van der Waals surface area contributed by atoms with E-state index in [1.165, 1.54) is 11.3 Å². The number of nitrogens with two attached hydrogens (primary N) is 1. The Kier molecular flexibility index (Phi) is 12.2. The summed E-state index contributed by atoms with van der Waals surface area (Å²) in [6.45, 7) is 12.2. The predicted octanol–water partition coefficient (Wildman–Crippen LogP) is 5.90. The highest BCUT2D eigenvalue weighted by atomic mass is 35.5. The summed E-state index contributed by atoms with van der Waals surface area (Å²) in [4.78, 5) is 5.02. The molecule has 0 spiro atoms. The Bertz CT molecular complexity index is 870. The summed E-state index contributed by atoms with van der Waals surface area (Å²) in [6.07, 6.45) is 4.22. The second-order valence-corrected chi connectivity index (χ2v) is 8.53. The number of ether oxygens (including phenoxy) is 3. The molecule has 1 saturated heterocycles. The van der Waals surface area contributed by atoms with E-state index < -0.39 is 0 Å². The van der Waals surface area contributed by atoms with Gasteiger partial charge in [-0.15, -0.1) is 0 Å². The third-order valence-corrected chi connectivity index (χ3v) is 6.28. The maximum Gasteiger partial charge on any atom is 0.184 e. The molecule has 0 saturated carbocycles. The molecule has 7 heteroatoms. The van der Waals surface area contributed by atoms with Gasteiger partial charge < -0.3 is 24.8 Å². The van der Waals surface area contributed by atoms with Crippen LogP contribution in [0.25, 0.3) is 0 Å². The highest BCUT2D eigenvalue weighted by Crippen LogP contribution is 2.37. The van der Waals surface area contributed by atoms with E-state index in [9.17, 15) is 0 Å². The third kappa shape index (κ3) is 7.60. The lowest BCUT2D eigenvalue weighted by atomic mass is 10.1. The zero-order chi connectivity index (χ0) is 24.9. The molecule has 0 unspecified atom stereocenters. The normalized spacial score (nSPS) is 13.8. The Morgan fingerprint density at radius 1 is 1.00 bits per heavy atom. The van der Waals surface area contributed by atoms with Crippen LogP contribution in [0, 0.1) is 0 Å². The van der Waals surface area contributed by atoms with Gasteiger partial charge in [-0.3, -0.25) is 4.90 Å². The van der Waals surface area contributed by atoms with Crippen molar-refractivity contribution in [1.82, 2.24) is 4.90 Å². The molecule has 3 rings (SSSR count). The van der Waals surface area contributed by atoms with Gasteiger partial charge in [0, 0.05) is 49.0 Å². The molecule has 34 heavy (non-hydrogen) atoms. The molecule has 2 aromatic carbocycles. The quantitative estimate of drug-likeness (QED) is 0.312. The second kappa shape index (κ2) is 14.8. The van der Waals surface area contributed by atoms with Crippen molar-refractivity contribution in [1.29, 1.82) is 0 Å². The Morgan fingerprint density at radius 3 is 2.38 bits per heavy atom. The number of halogens is 1. The molecule has 2 N–H and O–H groups in total. The van der Waals surface area contributed by atoms with Crippen molar-refractivity contribution in [3.8, 4) is 17.2 Å². The largest absolute Gasteiger partial charge is 0.493 e. The number of hydrogen-bond acceptors (Lipinski definition) is 6. The fraction of sp³-hybridized carbons (Fsp3) is 0.556. The number of anilines is 2. The maximum absolute atomic E-state index is 6.47. The van der Waals surface area contributed by atoms with Crippen molar-refractivity contribution in [2.45, 2.75) is 46.5 Å². The summed E-state index contributed by atoms with van der Waals surface area (Å²) in [7, 11) is 3.17. The van der Waals surface area contributed by atoms with Gasteiger partial charge in [0.2, 0.25) is 0 Å². The van der Waals surface area contributed by atoms with Gasteiger partial charge in [-0.2, -0.15) is 0 Å². The van der Waals surface area contributed by atoms with Crippen molar-refractivity contribution in [2.75, 3.05) is 64.2 Å². The van der Waals surface area contributed by atoms with Crippen LogP contribution < -0.4 is 24.8 Å². The number of nitrogen functional groups attached to an aromatic ring is 1. The molecule has 0 atom stereocenters. The molecule has 0 aliphatic carbocycles. The molecule has 1 heterocycles. The van der Waals surface area contributed by atoms with Gasteiger partial charge >= 0.3 is 0 Å². The van der Waals surface area contributed by atoms with Crippen LogP contribution in [0.4, 0.5) is 11.4 Å². The summed E-state index contributed by atoms with van der Waals surface area (Å²) in [5.74, 6) is 1.83. The Labute approximate surface area is 210 Å². The van der Waals surface area contributed by atoms with Gasteiger partial charge in [0.25, 0.3) is 0 Å². The summed E-state index contributed by atoms with van der Waals surface area (Å²) < 4.78 is 16.5. The third-order valence-electron chi connectivity index (χ3n) is 5.93. The number of rotatable bonds is 11. The van der Waals surface area contributed by atoms with Crippen molar-refractivity contribution in [2.24, 2.45) is 0 Å². The van der Waals surface area contributed by atoms with E-state index in [1.807, 2.05) is 26.0 Å². The summed E-state index contributed by atoms with van der Waals surface area (Å²) in [5, 5.41) is 0.892. The maximum atomic E-state index is 6.47. The van der Waals surface area contributed by atoms with Gasteiger partial charge in [-0.1, -0.05) is 44.9 Å². The van der Waals surface area contributed by atoms with E-state index in [1.54, 1.807) is 20.3 Å². The van der Waals surface area contributed by atoms with E-state index >= 15 is 0 Å². The van der Waals surface area contributed by atoms with E-state index in [-0.39, 0.29) is 0 Å². The van der Waals surface area contributed by atoms with Crippen LogP contribution in [-0.2, 0) is 6.42 Å². The van der Waals surface area contributed by atoms with Gasteiger partial charge in [0.1, 0.15) is 5.75 Å². The standard InChI is InChI=1S/C25H36ClN3O3.C2H6/c1-4-8-20-21(26)9-7-10-23(20)29-14-12-28(13-15-29)11-5-6-16-32-19-17-22(27)25(31-3)24(18-19)30-2;1-2/h7,9-10,17-18H,4-6,8,11-16,27H2,1-3H3;1-2H3. The highest BCUT2D eigenvalue weighted by molar-refractivity contribution is 6.31. The van der Waals surface area contributed by atoms with E-state index in [2.05, 4.69) is 28.9 Å². The first-order valence-electron chi connectivity index (χ1n) is 12.5. The summed E-state index contributed by atoms with van der Waals surface area (Å²) >= 11 is 6.47. The smallest absolute Gasteiger partial charge is 0.184 e. The molecular formula is C27H42ClN3O3. The minimum Gasteiger partial charge on any atom is -0.493 e. The Hall–Kier alpha value is -2.31. The molecule has 0 radical (unpaired) electrons. The molecule has 1 aliphatic heterocycles. The van der Waals surface area contributed by atoms with E-state index in [0.29, 0.717) is 29.5 Å². The fourth-order valence-electron chi connectivity index (χ4n) is 4.23. The Morgan fingerprint density at radius 2 is 1.74 bits per heavy atom. The minimum atomic E-state index is 0.515. The molecule has 2 aromatic rings. The number of hydrogen-bond donors (Lipinski definition) is 1. The van der Waals surface area contributed by atoms with Crippen LogP contribution in [0.1, 0.15) is 45.6 Å². The van der Waals surface area contributed by atoms with Crippen molar-refractivity contribution >= 4 is 23.0 Å². The number of unbranched alkanes of at least 4 members (excludes halogenated alkanes) is 1. The van der Waals surface area contributed by atoms with Crippen LogP contribution in [0.3, 0.4) is 0 Å². The van der Waals surface area contributed by atoms with Crippen molar-refractivity contribution in [3.05, 3.63) is 40.9 Å². The van der Waals surface area contributed by atoms with Crippen LogP contribution in [0.2, 0.25) is 5.02 Å². The van der Waals surface area contributed by atoms with Crippen LogP contribution in [-0.4, -0.2) is 58.5 Å². The first-order chi connectivity index (χ1) is 16.6. The molecule has 6 nitrogen and oxygen atoms in total. The zero-order valence-electron chi connectivity index (χ0n) is 21.5. The van der Waals surface area contributed by atoms with Gasteiger partial charge in [0.05, 0.1) is 26.5 Å². The van der Waals surface area contributed by atoms with Gasteiger partial charge in [-0.05, 0) is 43.5 Å². The van der Waals surface area contributed by atoms with Crippen LogP contribution in [0.5, 0.6) is 17.2 Å². The molecule has 0 bridgehead atoms. The number of piperazine rings is 1. The number of methoxy groups -OCH3 is 2. The zero-order valence-corrected chi connectivity index (χ0v) is 22.3. The first-order valence-corrected chi connectivity index (χ1v) is 12.8. The van der Waals surface area contributed by atoms with Crippen LogP contribution >= 0.6 is 11.6 Å². The minimum absolute atomic E-state index is 0.515. The van der Waals surface area contributed by atoms with E-state index in [0.717, 1.165) is 63.4 Å². The SMILES string of the molecule is CC.CCCc1c(Cl)cccc1N1CCN(CCCCOc2cc(N)c(OC)c(OC)c2)CC1. The topological polar surface area (TPSA) is 60.2 Å². The predicted molar refractivity (Wildman–Crippen MR) is 144 cm³/mol. The lowest BCUT2D eigenvalue weighted by molar-refractivity contribution is 0.238. The van der Waals surface area contributed by atoms with Crippen molar-refractivity contribution in [3.63, 3.8) is 0 Å². The summed E-state index contributed by atoms with van der Waals surface area (Å²) in [6, 6.07) is 9.88. The Balaban J connectivity index is 0.00000199. The molecule has 0 amide bonds. The lowest BCUT2D eigenvalue weighted by Crippen LogP contribution is -2.47. The molecular weight excluding hydrogens is 450 g/mol. The van der Waals surface area contributed by atoms with Crippen LogP contribution in [0.15, 0.2) is 30.3 Å². The average molecular weight is 492 g/mol. The van der Waals surface area contributed by atoms with Gasteiger partial charge in [0.15, 0.2) is 11.5 Å². The monoisotopic (exact) mass is 491 g/mol. The second-order valence-electron chi connectivity index (χ2n) is 8.12. The average Bonchev–Trinajstić information content (AvgIpc) is 2.86. The number of nitrogens with zero attached hydrogens (tertiary/aromatic N) is 2. The number of benzene rings is 2. The summed E-state index contributed by atoms with van der Waals surface area (Å²) in [5.41, 5.74) is 9.13.